The third kappa shape index (κ3) is 5.45. The highest BCUT2D eigenvalue weighted by Crippen LogP contribution is 2.27. The second-order valence-electron chi connectivity index (χ2n) is 6.03. The van der Waals surface area contributed by atoms with Gasteiger partial charge in [0.25, 0.3) is 5.91 Å². The molecule has 0 heterocycles. The zero-order valence-electron chi connectivity index (χ0n) is 15.2. The zero-order valence-corrected chi connectivity index (χ0v) is 16.0. The molecule has 156 valence electrons. The van der Waals surface area contributed by atoms with Crippen LogP contribution in [0.4, 0.5) is 17.6 Å². The van der Waals surface area contributed by atoms with Crippen molar-refractivity contribution in [1.29, 1.82) is 0 Å². The molecular weight excluding hydrogens is 416 g/mol. The Morgan fingerprint density at radius 2 is 1.79 bits per heavy atom. The minimum atomic E-state index is -5.20. The Hall–Kier alpha value is -2.65. The molecule has 29 heavy (non-hydrogen) atoms. The van der Waals surface area contributed by atoms with Crippen molar-refractivity contribution in [3.05, 3.63) is 70.5 Å². The summed E-state index contributed by atoms with van der Waals surface area (Å²) in [5.74, 6) is -3.39. The van der Waals surface area contributed by atoms with Gasteiger partial charge in [0.15, 0.2) is 0 Å². The van der Waals surface area contributed by atoms with E-state index in [1.165, 1.54) is 43.3 Å². The molecule has 0 saturated carbocycles. The van der Waals surface area contributed by atoms with Gasteiger partial charge in [0.1, 0.15) is 12.4 Å². The minimum Gasteiger partial charge on any atom is -0.460 e. The van der Waals surface area contributed by atoms with Crippen LogP contribution in [0.5, 0.6) is 0 Å². The molecule has 1 amide bonds. The van der Waals surface area contributed by atoms with Gasteiger partial charge in [0.2, 0.25) is 0 Å². The van der Waals surface area contributed by atoms with Crippen LogP contribution in [0.2, 0.25) is 5.02 Å². The molecule has 1 atom stereocenters. The van der Waals surface area contributed by atoms with Gasteiger partial charge in [-0.1, -0.05) is 29.8 Å². The molecule has 10 heteroatoms. The highest BCUT2D eigenvalue weighted by Gasteiger charge is 2.67. The Kier molecular flexibility index (Phi) is 7.21. The number of rotatable bonds is 7. The van der Waals surface area contributed by atoms with Gasteiger partial charge in [0.05, 0.1) is 6.61 Å². The number of quaternary nitrogens is 1. The molecule has 0 fully saturated rings. The monoisotopic (exact) mass is 433 g/mol. The highest BCUT2D eigenvalue weighted by atomic mass is 35.5. The fourth-order valence-corrected chi connectivity index (χ4v) is 2.70. The first kappa shape index (κ1) is 22.6. The van der Waals surface area contributed by atoms with Crippen LogP contribution >= 0.6 is 11.6 Å². The quantitative estimate of drug-likeness (QED) is 0.401. The van der Waals surface area contributed by atoms with E-state index < -0.39 is 29.5 Å². The smallest absolute Gasteiger partial charge is 0.460 e. The van der Waals surface area contributed by atoms with Gasteiger partial charge in [0, 0.05) is 16.1 Å². The lowest BCUT2D eigenvalue weighted by atomic mass is 10.1. The second kappa shape index (κ2) is 9.23. The fraction of sp³-hybridized carbons (Fsp3) is 0.263. The van der Waals surface area contributed by atoms with Gasteiger partial charge in [-0.05, 0) is 37.3 Å². The third-order valence-electron chi connectivity index (χ3n) is 4.00. The van der Waals surface area contributed by atoms with Crippen LogP contribution in [0.1, 0.15) is 22.8 Å². The van der Waals surface area contributed by atoms with Gasteiger partial charge < -0.3 is 10.1 Å². The normalized spacial score (nSPS) is 13.4. The number of carbonyl (C=O) groups excluding carboxylic acids is 2. The van der Waals surface area contributed by atoms with Crippen molar-refractivity contribution in [2.24, 2.45) is 0 Å². The summed E-state index contributed by atoms with van der Waals surface area (Å²) in [5, 5.41) is 2.49. The van der Waals surface area contributed by atoms with Gasteiger partial charge in [-0.2, -0.15) is 13.2 Å². The molecule has 2 aromatic rings. The van der Waals surface area contributed by atoms with Crippen LogP contribution in [0.25, 0.3) is 0 Å². The molecule has 0 aliphatic carbocycles. The Morgan fingerprint density at radius 3 is 2.34 bits per heavy atom. The molecule has 5 nitrogen and oxygen atoms in total. The molecule has 0 aliphatic heterocycles. The summed E-state index contributed by atoms with van der Waals surface area (Å²) in [4.78, 5) is 24.8. The minimum absolute atomic E-state index is 0.140. The number of hydrogen-bond donors (Lipinski definition) is 2. The maximum Gasteiger partial charge on any atom is 0.478 e. The Balaban J connectivity index is 2.40. The summed E-state index contributed by atoms with van der Waals surface area (Å²) in [6, 6.07) is 9.96. The van der Waals surface area contributed by atoms with E-state index in [4.69, 9.17) is 11.6 Å². The summed E-state index contributed by atoms with van der Waals surface area (Å²) in [7, 11) is 0. The fourth-order valence-electron chi connectivity index (χ4n) is 2.51. The lowest BCUT2D eigenvalue weighted by molar-refractivity contribution is -0.757. The average molecular weight is 434 g/mol. The van der Waals surface area contributed by atoms with E-state index in [1.807, 2.05) is 0 Å². The van der Waals surface area contributed by atoms with E-state index >= 15 is 0 Å². The highest BCUT2D eigenvalue weighted by molar-refractivity contribution is 6.31. The predicted molar refractivity (Wildman–Crippen MR) is 96.4 cm³/mol. The van der Waals surface area contributed by atoms with Crippen molar-refractivity contribution >= 4 is 23.5 Å². The van der Waals surface area contributed by atoms with E-state index in [-0.39, 0.29) is 23.7 Å². The Labute approximate surface area is 169 Å². The SMILES string of the molecule is CCOC(=O)[C@](NC(=O)c1cccc(Cl)c1)([NH2+]Cc1ccc(F)cc1)C(F)(F)F. The molecule has 0 spiro atoms. The molecule has 0 aliphatic rings. The van der Waals surface area contributed by atoms with Crippen molar-refractivity contribution in [1.82, 2.24) is 5.32 Å². The number of ether oxygens (including phenoxy) is 1. The van der Waals surface area contributed by atoms with E-state index in [0.717, 1.165) is 12.1 Å². The lowest BCUT2D eigenvalue weighted by Crippen LogP contribution is -3.06. The summed E-state index contributed by atoms with van der Waals surface area (Å²) in [5.41, 5.74) is -3.26. The number of esters is 1. The summed E-state index contributed by atoms with van der Waals surface area (Å²) in [6.45, 7) is 0.639. The maximum absolute atomic E-state index is 14.0. The summed E-state index contributed by atoms with van der Waals surface area (Å²) >= 11 is 5.78. The van der Waals surface area contributed by atoms with Crippen LogP contribution in [0.15, 0.2) is 48.5 Å². The number of alkyl halides is 3. The molecule has 0 radical (unpaired) electrons. The number of halogens is 5. The number of carbonyl (C=O) groups is 2. The van der Waals surface area contributed by atoms with Crippen LogP contribution < -0.4 is 10.6 Å². The maximum atomic E-state index is 14.0. The number of benzene rings is 2. The molecule has 2 aromatic carbocycles. The van der Waals surface area contributed by atoms with Crippen molar-refractivity contribution < 1.29 is 37.2 Å². The molecule has 0 bridgehead atoms. The van der Waals surface area contributed by atoms with Gasteiger partial charge in [-0.3, -0.25) is 10.1 Å². The Bertz CT molecular complexity index is 875. The molecule has 3 N–H and O–H groups in total. The molecule has 0 unspecified atom stereocenters. The largest absolute Gasteiger partial charge is 0.478 e. The van der Waals surface area contributed by atoms with E-state index in [2.05, 4.69) is 4.74 Å². The molecule has 0 saturated heterocycles. The number of nitrogens with one attached hydrogen (secondary N) is 1. The van der Waals surface area contributed by atoms with Crippen molar-refractivity contribution in [3.8, 4) is 0 Å². The molecule has 2 rings (SSSR count). The van der Waals surface area contributed by atoms with Gasteiger partial charge in [-0.15, -0.1) is 0 Å². The standard InChI is InChI=1S/C19H17ClF4N2O3/c1-2-29-17(28)18(19(22,23)24,25-11-12-6-8-15(21)9-7-12)26-16(27)13-4-3-5-14(20)10-13/h3-10,25H,2,11H2,1H3,(H,26,27)/p+1/t18-/m1/s1. The first-order valence-electron chi connectivity index (χ1n) is 8.50. The summed E-state index contributed by atoms with van der Waals surface area (Å²) < 4.78 is 59.8. The average Bonchev–Trinajstić information content (AvgIpc) is 2.65. The Morgan fingerprint density at radius 1 is 1.14 bits per heavy atom. The van der Waals surface area contributed by atoms with E-state index in [9.17, 15) is 27.2 Å². The first-order chi connectivity index (χ1) is 13.6. The third-order valence-corrected chi connectivity index (χ3v) is 4.23. The summed E-state index contributed by atoms with van der Waals surface area (Å²) in [6.07, 6.45) is -5.20. The zero-order chi connectivity index (χ0) is 21.7. The lowest BCUT2D eigenvalue weighted by Gasteiger charge is -2.31. The number of nitrogens with two attached hydrogens (primary N) is 1. The van der Waals surface area contributed by atoms with Crippen molar-refractivity contribution in [3.63, 3.8) is 0 Å². The van der Waals surface area contributed by atoms with Crippen LogP contribution in [-0.4, -0.2) is 30.3 Å². The topological polar surface area (TPSA) is 72.0 Å². The first-order valence-corrected chi connectivity index (χ1v) is 8.87. The predicted octanol–water partition coefficient (Wildman–Crippen LogP) is 2.79. The van der Waals surface area contributed by atoms with Crippen molar-refractivity contribution in [2.45, 2.75) is 25.3 Å². The van der Waals surface area contributed by atoms with Gasteiger partial charge >= 0.3 is 17.8 Å². The van der Waals surface area contributed by atoms with Crippen LogP contribution in [0.3, 0.4) is 0 Å². The van der Waals surface area contributed by atoms with Crippen molar-refractivity contribution in [2.75, 3.05) is 6.61 Å². The van der Waals surface area contributed by atoms with E-state index in [1.54, 1.807) is 5.32 Å². The number of amides is 1. The molecule has 0 aromatic heterocycles. The van der Waals surface area contributed by atoms with Crippen LogP contribution in [0, 0.1) is 5.82 Å². The van der Waals surface area contributed by atoms with Gasteiger partial charge in [-0.25, -0.2) is 9.18 Å². The van der Waals surface area contributed by atoms with Crippen LogP contribution in [-0.2, 0) is 16.1 Å². The van der Waals surface area contributed by atoms with E-state index in [0.29, 0.717) is 10.9 Å². The molecular formula is C19H18ClF4N2O3+. The second-order valence-corrected chi connectivity index (χ2v) is 6.46. The number of hydrogen-bond acceptors (Lipinski definition) is 3.